The van der Waals surface area contributed by atoms with Crippen LogP contribution in [0.2, 0.25) is 0 Å². The molecular weight excluding hydrogens is 419 g/mol. The van der Waals surface area contributed by atoms with E-state index in [0.29, 0.717) is 0 Å². The van der Waals surface area contributed by atoms with E-state index >= 15 is 0 Å². The van der Waals surface area contributed by atoms with Crippen molar-refractivity contribution in [2.24, 2.45) is 5.84 Å². The van der Waals surface area contributed by atoms with Gasteiger partial charge in [0.2, 0.25) is 11.8 Å². The lowest BCUT2D eigenvalue weighted by molar-refractivity contribution is -0.147. The fourth-order valence-electron chi connectivity index (χ4n) is 2.56. The molecule has 2 aromatic rings. The molecular formula is C19H22BN6O6. The van der Waals surface area contributed by atoms with Crippen LogP contribution in [0, 0.1) is 0 Å². The Morgan fingerprint density at radius 3 is 2.53 bits per heavy atom. The maximum absolute atomic E-state index is 12.7. The molecule has 0 bridgehead atoms. The Morgan fingerprint density at radius 2 is 1.91 bits per heavy atom. The molecule has 32 heavy (non-hydrogen) atoms. The summed E-state index contributed by atoms with van der Waals surface area (Å²) in [4.78, 5) is 55.2. The van der Waals surface area contributed by atoms with Gasteiger partial charge in [0.25, 0.3) is 5.91 Å². The summed E-state index contributed by atoms with van der Waals surface area (Å²) in [5, 5.41) is 14.2. The lowest BCUT2D eigenvalue weighted by Gasteiger charge is -2.19. The van der Waals surface area contributed by atoms with Crippen molar-refractivity contribution in [1.29, 1.82) is 0 Å². The number of benzene rings is 1. The van der Waals surface area contributed by atoms with Gasteiger partial charge in [-0.05, 0) is 5.56 Å². The zero-order chi connectivity index (χ0) is 23.3. The lowest BCUT2D eigenvalue weighted by atomic mass is 9.99. The standard InChI is InChI=1S/C19H22BN6O6/c21-26-16(27)9-15(19(30)31)32-20-11-24-17(28)13(8-12-4-2-1-3-5-12)25-18(29)14-10-22-6-7-23-14/h1-7,10,13,15H,8-9,11,21H2,(H,24,28)(H,25,29)(H,26,27)(H,30,31). The van der Waals surface area contributed by atoms with E-state index in [1.165, 1.54) is 18.6 Å². The average Bonchev–Trinajstić information content (AvgIpc) is 2.81. The average molecular weight is 441 g/mol. The monoisotopic (exact) mass is 441 g/mol. The molecule has 13 heteroatoms. The normalized spacial score (nSPS) is 12.2. The molecule has 167 valence electrons. The van der Waals surface area contributed by atoms with Crippen LogP contribution in [-0.2, 0) is 25.5 Å². The number of hydrogen-bond acceptors (Lipinski definition) is 8. The highest BCUT2D eigenvalue weighted by Gasteiger charge is 2.24. The predicted molar refractivity (Wildman–Crippen MR) is 112 cm³/mol. The van der Waals surface area contributed by atoms with Gasteiger partial charge in [-0.15, -0.1) is 0 Å². The first-order chi connectivity index (χ1) is 15.4. The summed E-state index contributed by atoms with van der Waals surface area (Å²) in [5.74, 6) is 1.75. The first kappa shape index (κ1) is 24.4. The fourth-order valence-corrected chi connectivity index (χ4v) is 2.56. The number of carbonyl (C=O) groups excluding carboxylic acids is 3. The molecule has 2 atom stereocenters. The van der Waals surface area contributed by atoms with E-state index in [9.17, 15) is 19.2 Å². The van der Waals surface area contributed by atoms with Crippen LogP contribution >= 0.6 is 0 Å². The number of carbonyl (C=O) groups is 4. The van der Waals surface area contributed by atoms with Gasteiger partial charge >= 0.3 is 13.5 Å². The van der Waals surface area contributed by atoms with Gasteiger partial charge in [0, 0.05) is 25.3 Å². The molecule has 0 fully saturated rings. The number of aliphatic carboxylic acids is 1. The molecule has 1 heterocycles. The van der Waals surface area contributed by atoms with Crippen molar-refractivity contribution in [3.05, 3.63) is 60.2 Å². The van der Waals surface area contributed by atoms with Crippen LogP contribution in [0.4, 0.5) is 0 Å². The summed E-state index contributed by atoms with van der Waals surface area (Å²) in [6.45, 7) is 0. The van der Waals surface area contributed by atoms with Crippen molar-refractivity contribution in [3.8, 4) is 0 Å². The van der Waals surface area contributed by atoms with Crippen LogP contribution in [0.15, 0.2) is 48.9 Å². The van der Waals surface area contributed by atoms with Crippen LogP contribution in [0.25, 0.3) is 0 Å². The number of carboxylic acids is 1. The summed E-state index contributed by atoms with van der Waals surface area (Å²) in [6.07, 6.45) is 2.12. The van der Waals surface area contributed by atoms with Gasteiger partial charge in [0.05, 0.1) is 12.6 Å². The van der Waals surface area contributed by atoms with Gasteiger partial charge in [-0.1, -0.05) is 30.3 Å². The highest BCUT2D eigenvalue weighted by atomic mass is 16.5. The van der Waals surface area contributed by atoms with Crippen molar-refractivity contribution in [2.45, 2.75) is 25.0 Å². The number of carboxylic acid groups (broad SMARTS) is 1. The molecule has 1 radical (unpaired) electrons. The fraction of sp³-hybridized carbons (Fsp3) is 0.263. The minimum atomic E-state index is -1.47. The molecule has 3 amide bonds. The number of amides is 3. The molecule has 0 saturated carbocycles. The lowest BCUT2D eigenvalue weighted by Crippen LogP contribution is -2.49. The van der Waals surface area contributed by atoms with Crippen LogP contribution in [0.3, 0.4) is 0 Å². The van der Waals surface area contributed by atoms with E-state index in [4.69, 9.17) is 15.6 Å². The highest BCUT2D eigenvalue weighted by molar-refractivity contribution is 6.28. The Labute approximate surface area is 184 Å². The zero-order valence-electron chi connectivity index (χ0n) is 16.9. The molecule has 6 N–H and O–H groups in total. The van der Waals surface area contributed by atoms with Gasteiger partial charge in [-0.2, -0.15) is 0 Å². The third-order valence-electron chi connectivity index (χ3n) is 4.13. The second kappa shape index (κ2) is 12.8. The summed E-state index contributed by atoms with van der Waals surface area (Å²) in [7, 11) is 1.05. The van der Waals surface area contributed by atoms with Gasteiger partial charge < -0.3 is 20.4 Å². The number of rotatable bonds is 12. The quantitative estimate of drug-likeness (QED) is 0.0847. The second-order valence-corrected chi connectivity index (χ2v) is 6.45. The first-order valence-corrected chi connectivity index (χ1v) is 9.48. The maximum atomic E-state index is 12.7. The minimum absolute atomic E-state index is 0.0516. The van der Waals surface area contributed by atoms with Gasteiger partial charge in [0.15, 0.2) is 0 Å². The van der Waals surface area contributed by atoms with E-state index in [0.717, 1.165) is 13.0 Å². The SMILES string of the molecule is NNC(=O)CC(O[B]CNC(=O)C(Cc1ccccc1)NC(=O)c1cnccn1)C(=O)O. The van der Waals surface area contributed by atoms with Crippen molar-refractivity contribution in [3.63, 3.8) is 0 Å². The number of nitrogens with one attached hydrogen (secondary N) is 3. The molecule has 0 saturated heterocycles. The largest absolute Gasteiger partial charge is 0.479 e. The summed E-state index contributed by atoms with van der Waals surface area (Å²) < 4.78 is 5.01. The first-order valence-electron chi connectivity index (χ1n) is 9.48. The van der Waals surface area contributed by atoms with E-state index in [1.807, 2.05) is 23.6 Å². The summed E-state index contributed by atoms with van der Waals surface area (Å²) in [5.41, 5.74) is 2.68. The van der Waals surface area contributed by atoms with Crippen LogP contribution < -0.4 is 21.9 Å². The molecule has 0 spiro atoms. The molecule has 1 aromatic carbocycles. The smallest absolute Gasteiger partial charge is 0.331 e. The molecule has 2 rings (SSSR count). The Hall–Kier alpha value is -3.84. The van der Waals surface area contributed by atoms with Crippen molar-refractivity contribution in [1.82, 2.24) is 26.0 Å². The Kier molecular flexibility index (Phi) is 9.75. The number of hydrazine groups is 1. The third kappa shape index (κ3) is 8.12. The summed E-state index contributed by atoms with van der Waals surface area (Å²) >= 11 is 0. The predicted octanol–water partition coefficient (Wildman–Crippen LogP) is -1.64. The van der Waals surface area contributed by atoms with Crippen LogP contribution in [-0.4, -0.2) is 64.8 Å². The minimum Gasteiger partial charge on any atom is -0.479 e. The van der Waals surface area contributed by atoms with Crippen molar-refractivity contribution >= 4 is 31.2 Å². The Morgan fingerprint density at radius 1 is 1.16 bits per heavy atom. The topological polar surface area (TPSA) is 186 Å². The van der Waals surface area contributed by atoms with E-state index in [1.54, 1.807) is 12.1 Å². The van der Waals surface area contributed by atoms with Gasteiger partial charge in [0.1, 0.15) is 17.8 Å². The Balaban J connectivity index is 1.95. The molecule has 12 nitrogen and oxygen atoms in total. The van der Waals surface area contributed by atoms with Gasteiger partial charge in [-0.25, -0.2) is 15.6 Å². The molecule has 0 aliphatic rings. The number of nitrogens with two attached hydrogens (primary N) is 1. The van der Waals surface area contributed by atoms with Crippen LogP contribution in [0.5, 0.6) is 0 Å². The molecule has 2 unspecified atom stereocenters. The Bertz CT molecular complexity index is 917. The molecule has 0 aliphatic heterocycles. The maximum Gasteiger partial charge on any atom is 0.331 e. The number of aromatic nitrogens is 2. The second-order valence-electron chi connectivity index (χ2n) is 6.45. The summed E-state index contributed by atoms with van der Waals surface area (Å²) in [6, 6.07) is 8.11. The van der Waals surface area contributed by atoms with Gasteiger partial charge in [-0.3, -0.25) is 24.8 Å². The van der Waals surface area contributed by atoms with Crippen LogP contribution in [0.1, 0.15) is 22.5 Å². The highest BCUT2D eigenvalue weighted by Crippen LogP contribution is 2.05. The third-order valence-corrected chi connectivity index (χ3v) is 4.13. The number of hydrogen-bond donors (Lipinski definition) is 5. The van der Waals surface area contributed by atoms with E-state index < -0.39 is 42.3 Å². The zero-order valence-corrected chi connectivity index (χ0v) is 16.9. The molecule has 0 aliphatic carbocycles. The van der Waals surface area contributed by atoms with Crippen molar-refractivity contribution < 1.29 is 28.9 Å². The molecule has 1 aromatic heterocycles. The number of nitrogens with zero attached hydrogens (tertiary/aromatic N) is 2. The van der Waals surface area contributed by atoms with E-state index in [2.05, 4.69) is 20.6 Å². The van der Waals surface area contributed by atoms with E-state index in [-0.39, 0.29) is 18.6 Å². The van der Waals surface area contributed by atoms with Crippen molar-refractivity contribution in [2.75, 3.05) is 6.44 Å².